The molecule has 1 heterocycles. The van der Waals surface area contributed by atoms with Crippen molar-refractivity contribution in [2.75, 3.05) is 6.61 Å². The zero-order valence-corrected chi connectivity index (χ0v) is 11.0. The summed E-state index contributed by atoms with van der Waals surface area (Å²) in [7, 11) is 0. The number of benzene rings is 1. The highest BCUT2D eigenvalue weighted by Gasteiger charge is 2.27. The summed E-state index contributed by atoms with van der Waals surface area (Å²) in [5.41, 5.74) is 3.22. The van der Waals surface area contributed by atoms with Crippen LogP contribution in [0.2, 0.25) is 0 Å². The molecule has 0 bridgehead atoms. The molecule has 0 amide bonds. The average Bonchev–Trinajstić information content (AvgIpc) is 2.37. The van der Waals surface area contributed by atoms with E-state index in [-0.39, 0.29) is 18.0 Å². The fourth-order valence-electron chi connectivity index (χ4n) is 2.19. The average molecular weight is 303 g/mol. The summed E-state index contributed by atoms with van der Waals surface area (Å²) in [5, 5.41) is 0. The third-order valence-electron chi connectivity index (χ3n) is 3.08. The number of hydrogen-bond donors (Lipinski definition) is 2. The summed E-state index contributed by atoms with van der Waals surface area (Å²) in [4.78, 5) is 0. The lowest BCUT2D eigenvalue weighted by Gasteiger charge is -2.30. The summed E-state index contributed by atoms with van der Waals surface area (Å²) in [6, 6.07) is 4.92. The Bertz CT molecular complexity index is 383. The molecule has 3 N–H and O–H groups in total. The Labute approximate surface area is 109 Å². The van der Waals surface area contributed by atoms with Gasteiger partial charge in [0.1, 0.15) is 5.82 Å². The number of rotatable bonds is 3. The Morgan fingerprint density at radius 3 is 2.94 bits per heavy atom. The van der Waals surface area contributed by atoms with Crippen molar-refractivity contribution in [1.29, 1.82) is 0 Å². The largest absolute Gasteiger partial charge is 0.376 e. The van der Waals surface area contributed by atoms with Gasteiger partial charge in [0.05, 0.1) is 16.6 Å². The molecule has 2 rings (SSSR count). The number of nitrogens with one attached hydrogen (secondary N) is 1. The van der Waals surface area contributed by atoms with Gasteiger partial charge in [0.25, 0.3) is 0 Å². The maximum Gasteiger partial charge on any atom is 0.142 e. The molecule has 0 saturated carbocycles. The van der Waals surface area contributed by atoms with Crippen molar-refractivity contribution in [1.82, 2.24) is 5.43 Å². The first-order valence-corrected chi connectivity index (χ1v) is 6.55. The molecule has 2 unspecified atom stereocenters. The van der Waals surface area contributed by atoms with Crippen molar-refractivity contribution in [2.24, 2.45) is 5.84 Å². The van der Waals surface area contributed by atoms with Crippen molar-refractivity contribution in [2.45, 2.75) is 31.4 Å². The second kappa shape index (κ2) is 5.91. The molecule has 1 aliphatic heterocycles. The monoisotopic (exact) mass is 302 g/mol. The molecule has 94 valence electrons. The minimum absolute atomic E-state index is 0.0578. The fourth-order valence-corrected chi connectivity index (χ4v) is 2.57. The van der Waals surface area contributed by atoms with Crippen LogP contribution in [0, 0.1) is 5.82 Å². The molecule has 0 radical (unpaired) electrons. The SMILES string of the molecule is NNC(c1cccc(Br)c1F)C1CCCCO1. The van der Waals surface area contributed by atoms with Crippen LogP contribution in [0.1, 0.15) is 30.9 Å². The van der Waals surface area contributed by atoms with E-state index in [4.69, 9.17) is 10.6 Å². The molecule has 2 atom stereocenters. The highest BCUT2D eigenvalue weighted by atomic mass is 79.9. The summed E-state index contributed by atoms with van der Waals surface area (Å²) in [5.74, 6) is 5.27. The van der Waals surface area contributed by atoms with Crippen LogP contribution < -0.4 is 11.3 Å². The predicted octanol–water partition coefficient (Wildman–Crippen LogP) is 2.66. The smallest absolute Gasteiger partial charge is 0.142 e. The van der Waals surface area contributed by atoms with Crippen LogP contribution in [-0.2, 0) is 4.74 Å². The molecule has 3 nitrogen and oxygen atoms in total. The van der Waals surface area contributed by atoms with E-state index in [1.54, 1.807) is 18.2 Å². The second-order valence-corrected chi connectivity index (χ2v) is 5.05. The molecule has 0 aromatic heterocycles. The molecule has 1 saturated heterocycles. The molecule has 0 spiro atoms. The number of nitrogens with two attached hydrogens (primary N) is 1. The maximum absolute atomic E-state index is 14.0. The Morgan fingerprint density at radius 1 is 1.47 bits per heavy atom. The lowest BCUT2D eigenvalue weighted by atomic mass is 9.96. The lowest BCUT2D eigenvalue weighted by Crippen LogP contribution is -2.40. The molecule has 1 fully saturated rings. The van der Waals surface area contributed by atoms with Crippen molar-refractivity contribution >= 4 is 15.9 Å². The molecule has 0 aliphatic carbocycles. The van der Waals surface area contributed by atoms with Gasteiger partial charge in [-0.2, -0.15) is 0 Å². The number of halogens is 2. The van der Waals surface area contributed by atoms with Gasteiger partial charge in [-0.25, -0.2) is 4.39 Å². The van der Waals surface area contributed by atoms with E-state index in [1.165, 1.54) is 0 Å². The van der Waals surface area contributed by atoms with Crippen LogP contribution in [0.3, 0.4) is 0 Å². The van der Waals surface area contributed by atoms with Crippen molar-refractivity contribution < 1.29 is 9.13 Å². The summed E-state index contributed by atoms with van der Waals surface area (Å²) in [6.07, 6.45) is 3.01. The van der Waals surface area contributed by atoms with Crippen LogP contribution in [0.5, 0.6) is 0 Å². The molecular formula is C12H16BrFN2O. The Morgan fingerprint density at radius 2 is 2.29 bits per heavy atom. The first kappa shape index (κ1) is 13.0. The maximum atomic E-state index is 14.0. The standard InChI is InChI=1S/C12H16BrFN2O/c13-9-5-3-4-8(11(9)14)12(16-15)10-6-1-2-7-17-10/h3-5,10,12,16H,1-2,6-7,15H2. The summed E-state index contributed by atoms with van der Waals surface area (Å²) in [6.45, 7) is 0.721. The van der Waals surface area contributed by atoms with E-state index >= 15 is 0 Å². The second-order valence-electron chi connectivity index (χ2n) is 4.19. The summed E-state index contributed by atoms with van der Waals surface area (Å²) >= 11 is 3.18. The molecular weight excluding hydrogens is 287 g/mol. The highest BCUT2D eigenvalue weighted by molar-refractivity contribution is 9.10. The molecule has 1 aliphatic rings. The number of hydrogen-bond acceptors (Lipinski definition) is 3. The minimum Gasteiger partial charge on any atom is -0.376 e. The van der Waals surface area contributed by atoms with E-state index < -0.39 is 0 Å². The van der Waals surface area contributed by atoms with Crippen LogP contribution in [-0.4, -0.2) is 12.7 Å². The van der Waals surface area contributed by atoms with Gasteiger partial charge in [-0.15, -0.1) is 0 Å². The van der Waals surface area contributed by atoms with E-state index in [1.807, 2.05) is 0 Å². The van der Waals surface area contributed by atoms with Gasteiger partial charge >= 0.3 is 0 Å². The van der Waals surface area contributed by atoms with Crippen LogP contribution in [0.4, 0.5) is 4.39 Å². The Hall–Kier alpha value is -0.490. The summed E-state index contributed by atoms with van der Waals surface area (Å²) < 4.78 is 20.1. The van der Waals surface area contributed by atoms with Crippen molar-refractivity contribution in [3.63, 3.8) is 0 Å². The van der Waals surface area contributed by atoms with Gasteiger partial charge in [0.2, 0.25) is 0 Å². The lowest BCUT2D eigenvalue weighted by molar-refractivity contribution is -0.00895. The van der Waals surface area contributed by atoms with Crippen LogP contribution in [0.25, 0.3) is 0 Å². The molecule has 5 heteroatoms. The van der Waals surface area contributed by atoms with Crippen molar-refractivity contribution in [3.05, 3.63) is 34.1 Å². The normalized spacial score (nSPS) is 22.4. The van der Waals surface area contributed by atoms with E-state index in [9.17, 15) is 4.39 Å². The predicted molar refractivity (Wildman–Crippen MR) is 67.8 cm³/mol. The molecule has 1 aromatic rings. The van der Waals surface area contributed by atoms with Gasteiger partial charge in [-0.05, 0) is 41.3 Å². The van der Waals surface area contributed by atoms with E-state index in [0.29, 0.717) is 10.0 Å². The minimum atomic E-state index is -0.298. The quantitative estimate of drug-likeness (QED) is 0.666. The van der Waals surface area contributed by atoms with Gasteiger partial charge in [-0.1, -0.05) is 12.1 Å². The topological polar surface area (TPSA) is 47.3 Å². The zero-order chi connectivity index (χ0) is 12.3. The third kappa shape index (κ3) is 2.85. The Kier molecular flexibility index (Phi) is 4.50. The van der Waals surface area contributed by atoms with E-state index in [2.05, 4.69) is 21.4 Å². The van der Waals surface area contributed by atoms with Gasteiger partial charge < -0.3 is 4.74 Å². The van der Waals surface area contributed by atoms with Gasteiger partial charge in [-0.3, -0.25) is 11.3 Å². The van der Waals surface area contributed by atoms with Crippen LogP contribution in [0.15, 0.2) is 22.7 Å². The fraction of sp³-hybridized carbons (Fsp3) is 0.500. The molecule has 17 heavy (non-hydrogen) atoms. The Balaban J connectivity index is 2.24. The third-order valence-corrected chi connectivity index (χ3v) is 3.70. The number of hydrazine groups is 1. The first-order valence-electron chi connectivity index (χ1n) is 5.75. The molecule has 1 aromatic carbocycles. The van der Waals surface area contributed by atoms with Crippen LogP contribution >= 0.6 is 15.9 Å². The van der Waals surface area contributed by atoms with Gasteiger partial charge in [0.15, 0.2) is 0 Å². The number of ether oxygens (including phenoxy) is 1. The first-order chi connectivity index (χ1) is 8.24. The van der Waals surface area contributed by atoms with E-state index in [0.717, 1.165) is 25.9 Å². The van der Waals surface area contributed by atoms with Gasteiger partial charge in [0, 0.05) is 12.2 Å². The zero-order valence-electron chi connectivity index (χ0n) is 9.46. The highest BCUT2D eigenvalue weighted by Crippen LogP contribution is 2.30. The van der Waals surface area contributed by atoms with Crippen molar-refractivity contribution in [3.8, 4) is 0 Å².